The van der Waals surface area contributed by atoms with Gasteiger partial charge in [0.05, 0.1) is 13.5 Å². The number of imidazole rings is 1. The highest BCUT2D eigenvalue weighted by molar-refractivity contribution is 5.80. The van der Waals surface area contributed by atoms with E-state index in [4.69, 9.17) is 4.74 Å². The number of carbonyl (C=O) groups is 1. The molecule has 33 heavy (non-hydrogen) atoms. The van der Waals surface area contributed by atoms with Crippen LogP contribution in [0.15, 0.2) is 67.0 Å². The van der Waals surface area contributed by atoms with E-state index in [-0.39, 0.29) is 11.9 Å². The Labute approximate surface area is 194 Å². The number of carbonyl (C=O) groups excluding carboxylic acids is 1. The quantitative estimate of drug-likeness (QED) is 0.455. The number of nitrogens with zero attached hydrogens (tertiary/aromatic N) is 3. The van der Waals surface area contributed by atoms with Crippen LogP contribution < -0.4 is 10.1 Å². The summed E-state index contributed by atoms with van der Waals surface area (Å²) in [5.74, 6) is 1.49. The molecule has 4 aromatic rings. The largest absolute Gasteiger partial charge is 0.497 e. The number of hydrogen-bond acceptors (Lipinski definition) is 3. The van der Waals surface area contributed by atoms with Crippen LogP contribution in [0, 0.1) is 20.8 Å². The topological polar surface area (TPSA) is 61.1 Å². The third-order valence-electron chi connectivity index (χ3n) is 6.05. The molecule has 0 saturated heterocycles. The van der Waals surface area contributed by atoms with Gasteiger partial charge in [-0.1, -0.05) is 29.8 Å². The second-order valence-corrected chi connectivity index (χ2v) is 8.41. The van der Waals surface area contributed by atoms with Gasteiger partial charge in [0, 0.05) is 36.5 Å². The van der Waals surface area contributed by atoms with Gasteiger partial charge in [0.25, 0.3) is 0 Å². The minimum absolute atomic E-state index is 0.0528. The maximum atomic E-state index is 13.2. The van der Waals surface area contributed by atoms with Crippen molar-refractivity contribution >= 4 is 5.91 Å². The van der Waals surface area contributed by atoms with Gasteiger partial charge in [0.15, 0.2) is 0 Å². The average Bonchev–Trinajstić information content (AvgIpc) is 3.35. The molecule has 6 nitrogen and oxygen atoms in total. The summed E-state index contributed by atoms with van der Waals surface area (Å²) in [5, 5.41) is 3.19. The molecule has 6 heteroatoms. The van der Waals surface area contributed by atoms with Crippen LogP contribution in [0.5, 0.6) is 5.75 Å². The Bertz CT molecular complexity index is 1250. The molecule has 1 atom stereocenters. The van der Waals surface area contributed by atoms with Crippen molar-refractivity contribution in [2.75, 3.05) is 7.11 Å². The average molecular weight is 443 g/mol. The van der Waals surface area contributed by atoms with Gasteiger partial charge in [0.2, 0.25) is 5.91 Å². The Morgan fingerprint density at radius 2 is 1.76 bits per heavy atom. The Kier molecular flexibility index (Phi) is 6.36. The van der Waals surface area contributed by atoms with Crippen molar-refractivity contribution in [3.63, 3.8) is 0 Å². The van der Waals surface area contributed by atoms with E-state index in [2.05, 4.69) is 66.0 Å². The van der Waals surface area contributed by atoms with Gasteiger partial charge in [-0.2, -0.15) is 0 Å². The van der Waals surface area contributed by atoms with Gasteiger partial charge < -0.3 is 19.2 Å². The van der Waals surface area contributed by atoms with Gasteiger partial charge in [0.1, 0.15) is 17.6 Å². The minimum atomic E-state index is -0.357. The van der Waals surface area contributed by atoms with Crippen LogP contribution in [0.3, 0.4) is 0 Å². The van der Waals surface area contributed by atoms with E-state index in [0.717, 1.165) is 39.8 Å². The molecule has 1 N–H and O–H groups in total. The molecule has 0 aliphatic heterocycles. The molecule has 170 valence electrons. The normalized spacial score (nSPS) is 11.9. The number of benzene rings is 2. The predicted octanol–water partition coefficient (Wildman–Crippen LogP) is 4.59. The molecule has 0 bridgehead atoms. The number of nitrogens with one attached hydrogen (secondary N) is 1. The van der Waals surface area contributed by atoms with Crippen LogP contribution in [-0.4, -0.2) is 27.1 Å². The molecular formula is C27H30N4O2. The molecular weight excluding hydrogens is 412 g/mol. The Hall–Kier alpha value is -3.80. The van der Waals surface area contributed by atoms with Gasteiger partial charge >= 0.3 is 0 Å². The van der Waals surface area contributed by atoms with Crippen molar-refractivity contribution < 1.29 is 9.53 Å². The van der Waals surface area contributed by atoms with Crippen LogP contribution in [0.2, 0.25) is 0 Å². The zero-order valence-electron chi connectivity index (χ0n) is 19.8. The van der Waals surface area contributed by atoms with Crippen molar-refractivity contribution in [1.29, 1.82) is 0 Å². The van der Waals surface area contributed by atoms with Gasteiger partial charge in [-0.25, -0.2) is 4.98 Å². The fraction of sp³-hybridized carbons (Fsp3) is 0.259. The summed E-state index contributed by atoms with van der Waals surface area (Å²) in [5.41, 5.74) is 6.47. The second kappa shape index (κ2) is 9.36. The van der Waals surface area contributed by atoms with E-state index in [9.17, 15) is 4.79 Å². The van der Waals surface area contributed by atoms with Crippen LogP contribution in [0.25, 0.3) is 5.69 Å². The van der Waals surface area contributed by atoms with E-state index in [0.29, 0.717) is 6.42 Å². The van der Waals surface area contributed by atoms with Gasteiger partial charge in [-0.15, -0.1) is 0 Å². The SMILES string of the molecule is COc1ccc(C(NC(=O)Cc2cc(C)n(-c3ccc(C)cc3)c2C)c2nccn2C)cc1. The van der Waals surface area contributed by atoms with Crippen molar-refractivity contribution in [2.45, 2.75) is 33.2 Å². The summed E-state index contributed by atoms with van der Waals surface area (Å²) < 4.78 is 9.41. The first-order chi connectivity index (χ1) is 15.9. The summed E-state index contributed by atoms with van der Waals surface area (Å²) in [6.07, 6.45) is 3.92. The first-order valence-corrected chi connectivity index (χ1v) is 11.0. The summed E-state index contributed by atoms with van der Waals surface area (Å²) >= 11 is 0. The molecule has 2 aromatic carbocycles. The zero-order valence-corrected chi connectivity index (χ0v) is 19.8. The highest BCUT2D eigenvalue weighted by atomic mass is 16.5. The molecule has 0 aliphatic carbocycles. The molecule has 1 unspecified atom stereocenters. The maximum absolute atomic E-state index is 13.2. The minimum Gasteiger partial charge on any atom is -0.497 e. The number of aryl methyl sites for hydroxylation is 3. The molecule has 0 fully saturated rings. The Morgan fingerprint density at radius 3 is 2.36 bits per heavy atom. The lowest BCUT2D eigenvalue weighted by atomic mass is 10.0. The fourth-order valence-electron chi connectivity index (χ4n) is 4.23. The summed E-state index contributed by atoms with van der Waals surface area (Å²) in [6, 6.07) is 17.9. The number of amides is 1. The second-order valence-electron chi connectivity index (χ2n) is 8.41. The monoisotopic (exact) mass is 442 g/mol. The smallest absolute Gasteiger partial charge is 0.225 e. The number of hydrogen-bond donors (Lipinski definition) is 1. The first kappa shape index (κ1) is 22.4. The third-order valence-corrected chi connectivity index (χ3v) is 6.05. The van der Waals surface area contributed by atoms with E-state index in [1.54, 1.807) is 13.3 Å². The molecule has 2 heterocycles. The highest BCUT2D eigenvalue weighted by Gasteiger charge is 2.22. The van der Waals surface area contributed by atoms with Crippen molar-refractivity contribution in [2.24, 2.45) is 7.05 Å². The van der Waals surface area contributed by atoms with Crippen LogP contribution in [0.1, 0.15) is 39.9 Å². The molecule has 4 rings (SSSR count). The Balaban J connectivity index is 1.58. The standard InChI is InChI=1S/C27H30N4O2/c1-18-6-10-23(11-7-18)31-19(2)16-22(20(31)3)17-25(32)29-26(27-28-14-15-30(27)4)21-8-12-24(33-5)13-9-21/h6-16,26H,17H2,1-5H3,(H,29,32). The molecule has 0 saturated carbocycles. The molecule has 1 amide bonds. The van der Waals surface area contributed by atoms with E-state index in [1.807, 2.05) is 42.1 Å². The van der Waals surface area contributed by atoms with E-state index in [1.165, 1.54) is 5.56 Å². The van der Waals surface area contributed by atoms with Gasteiger partial charge in [-0.3, -0.25) is 4.79 Å². The number of aromatic nitrogens is 3. The third kappa shape index (κ3) is 4.70. The van der Waals surface area contributed by atoms with E-state index >= 15 is 0 Å². The zero-order chi connectivity index (χ0) is 23.5. The lowest BCUT2D eigenvalue weighted by molar-refractivity contribution is -0.121. The fourth-order valence-corrected chi connectivity index (χ4v) is 4.23. The number of rotatable bonds is 7. The van der Waals surface area contributed by atoms with Crippen LogP contribution >= 0.6 is 0 Å². The van der Waals surface area contributed by atoms with Crippen LogP contribution in [-0.2, 0) is 18.3 Å². The summed E-state index contributed by atoms with van der Waals surface area (Å²) in [7, 11) is 3.57. The summed E-state index contributed by atoms with van der Waals surface area (Å²) in [4.78, 5) is 17.7. The predicted molar refractivity (Wildman–Crippen MR) is 130 cm³/mol. The van der Waals surface area contributed by atoms with Gasteiger partial charge in [-0.05, 0) is 62.2 Å². The van der Waals surface area contributed by atoms with Crippen molar-refractivity contribution in [3.05, 3.63) is 101 Å². The Morgan fingerprint density at radius 1 is 1.06 bits per heavy atom. The van der Waals surface area contributed by atoms with Crippen molar-refractivity contribution in [1.82, 2.24) is 19.4 Å². The molecule has 2 aromatic heterocycles. The highest BCUT2D eigenvalue weighted by Crippen LogP contribution is 2.25. The number of methoxy groups -OCH3 is 1. The van der Waals surface area contributed by atoms with Crippen molar-refractivity contribution in [3.8, 4) is 11.4 Å². The number of ether oxygens (including phenoxy) is 1. The van der Waals surface area contributed by atoms with Crippen LogP contribution in [0.4, 0.5) is 0 Å². The lowest BCUT2D eigenvalue weighted by Gasteiger charge is -2.19. The molecule has 0 aliphatic rings. The maximum Gasteiger partial charge on any atom is 0.225 e. The first-order valence-electron chi connectivity index (χ1n) is 11.0. The van der Waals surface area contributed by atoms with E-state index < -0.39 is 0 Å². The molecule has 0 spiro atoms. The summed E-state index contributed by atoms with van der Waals surface area (Å²) in [6.45, 7) is 6.22. The lowest BCUT2D eigenvalue weighted by Crippen LogP contribution is -2.32. The molecule has 0 radical (unpaired) electrons.